The van der Waals surface area contributed by atoms with Crippen LogP contribution in [0.4, 0.5) is 4.39 Å². The van der Waals surface area contributed by atoms with E-state index >= 15 is 0 Å². The summed E-state index contributed by atoms with van der Waals surface area (Å²) < 4.78 is 24.6. The fourth-order valence-corrected chi connectivity index (χ4v) is 2.70. The van der Waals surface area contributed by atoms with Gasteiger partial charge in [-0.3, -0.25) is 4.79 Å². The molecule has 0 aromatic heterocycles. The Morgan fingerprint density at radius 1 is 1.06 bits per heavy atom. The van der Waals surface area contributed by atoms with Gasteiger partial charge in [-0.2, -0.15) is 5.10 Å². The highest BCUT2D eigenvalue weighted by Crippen LogP contribution is 2.29. The third-order valence-corrected chi connectivity index (χ3v) is 4.30. The topological polar surface area (TPSA) is 77.0 Å². The molecule has 0 aliphatic heterocycles. The van der Waals surface area contributed by atoms with E-state index in [-0.39, 0.29) is 11.3 Å². The average molecular weight is 441 g/mol. The van der Waals surface area contributed by atoms with Crippen molar-refractivity contribution in [3.05, 3.63) is 94.3 Å². The van der Waals surface area contributed by atoms with Crippen molar-refractivity contribution in [3.8, 4) is 11.5 Å². The van der Waals surface area contributed by atoms with Gasteiger partial charge in [0.05, 0.1) is 23.9 Å². The van der Waals surface area contributed by atoms with Crippen LogP contribution in [0, 0.1) is 5.82 Å². The second-order valence-corrected chi connectivity index (χ2v) is 6.65. The summed E-state index contributed by atoms with van der Waals surface area (Å²) in [5, 5.41) is 4.35. The molecule has 0 aliphatic rings. The van der Waals surface area contributed by atoms with E-state index in [1.165, 1.54) is 24.4 Å². The maximum atomic E-state index is 13.6. The van der Waals surface area contributed by atoms with E-state index < -0.39 is 17.7 Å². The molecule has 6 nitrogen and oxygen atoms in total. The molecule has 3 rings (SSSR count). The van der Waals surface area contributed by atoms with Crippen molar-refractivity contribution in [2.45, 2.75) is 6.92 Å². The Hall–Kier alpha value is -3.71. The lowest BCUT2D eigenvalue weighted by molar-refractivity contribution is 0.0728. The molecule has 0 unspecified atom stereocenters. The number of esters is 1. The lowest BCUT2D eigenvalue weighted by Gasteiger charge is -2.11. The smallest absolute Gasteiger partial charge is 0.343 e. The maximum absolute atomic E-state index is 13.6. The Labute approximate surface area is 183 Å². The van der Waals surface area contributed by atoms with Crippen molar-refractivity contribution in [1.29, 1.82) is 0 Å². The van der Waals surface area contributed by atoms with E-state index in [1.54, 1.807) is 55.5 Å². The van der Waals surface area contributed by atoms with E-state index in [0.29, 0.717) is 28.5 Å². The molecule has 0 spiro atoms. The lowest BCUT2D eigenvalue weighted by atomic mass is 10.2. The number of nitrogens with one attached hydrogen (secondary N) is 1. The normalized spacial score (nSPS) is 10.7. The summed E-state index contributed by atoms with van der Waals surface area (Å²) in [5.74, 6) is -1.31. The minimum Gasteiger partial charge on any atom is -0.490 e. The van der Waals surface area contributed by atoms with Crippen molar-refractivity contribution in [3.63, 3.8) is 0 Å². The fraction of sp³-hybridized carbons (Fsp3) is 0.0870. The Morgan fingerprint density at radius 3 is 2.52 bits per heavy atom. The molecule has 0 bridgehead atoms. The summed E-state index contributed by atoms with van der Waals surface area (Å²) in [6.07, 6.45) is 1.37. The summed E-state index contributed by atoms with van der Waals surface area (Å²) in [4.78, 5) is 24.4. The van der Waals surface area contributed by atoms with E-state index in [4.69, 9.17) is 21.1 Å². The number of ether oxygens (including phenoxy) is 2. The number of carbonyl (C=O) groups excluding carboxylic acids is 2. The van der Waals surface area contributed by atoms with Crippen molar-refractivity contribution in [2.24, 2.45) is 5.10 Å². The van der Waals surface area contributed by atoms with Gasteiger partial charge in [-0.25, -0.2) is 14.6 Å². The zero-order valence-corrected chi connectivity index (χ0v) is 17.2. The monoisotopic (exact) mass is 440 g/mol. The van der Waals surface area contributed by atoms with Gasteiger partial charge >= 0.3 is 5.97 Å². The van der Waals surface area contributed by atoms with Crippen molar-refractivity contribution < 1.29 is 23.5 Å². The number of nitrogens with zero attached hydrogens (tertiary/aromatic N) is 1. The maximum Gasteiger partial charge on any atom is 0.343 e. The van der Waals surface area contributed by atoms with E-state index in [2.05, 4.69) is 10.5 Å². The molecule has 8 heteroatoms. The number of carbonyl (C=O) groups is 2. The van der Waals surface area contributed by atoms with Crippen LogP contribution >= 0.6 is 11.6 Å². The van der Waals surface area contributed by atoms with Crippen LogP contribution in [0.25, 0.3) is 0 Å². The zero-order chi connectivity index (χ0) is 22.2. The molecule has 0 aliphatic carbocycles. The highest BCUT2D eigenvalue weighted by atomic mass is 35.5. The second-order valence-electron chi connectivity index (χ2n) is 6.21. The number of hydrogen-bond donors (Lipinski definition) is 1. The molecule has 158 valence electrons. The van der Waals surface area contributed by atoms with Crippen LogP contribution in [0.15, 0.2) is 71.8 Å². The number of halogens is 2. The van der Waals surface area contributed by atoms with Gasteiger partial charge in [-0.15, -0.1) is 0 Å². The van der Waals surface area contributed by atoms with Crippen LogP contribution in [0.3, 0.4) is 0 Å². The van der Waals surface area contributed by atoms with Crippen LogP contribution in [-0.4, -0.2) is 24.7 Å². The lowest BCUT2D eigenvalue weighted by Crippen LogP contribution is -2.18. The Balaban J connectivity index is 1.71. The molecule has 3 aromatic rings. The largest absolute Gasteiger partial charge is 0.490 e. The van der Waals surface area contributed by atoms with Crippen LogP contribution in [0.5, 0.6) is 11.5 Å². The first-order valence-corrected chi connectivity index (χ1v) is 9.68. The Morgan fingerprint density at radius 2 is 1.81 bits per heavy atom. The Kier molecular flexibility index (Phi) is 7.35. The van der Waals surface area contributed by atoms with E-state index in [9.17, 15) is 14.0 Å². The summed E-state index contributed by atoms with van der Waals surface area (Å²) in [7, 11) is 0. The SMILES string of the molecule is CCOc1cc(/C=N\NC(=O)c2ccccc2F)ccc1OC(=O)c1ccc(Cl)cc1. The van der Waals surface area contributed by atoms with Crippen LogP contribution in [0.1, 0.15) is 33.2 Å². The second kappa shape index (κ2) is 10.4. The summed E-state index contributed by atoms with van der Waals surface area (Å²) in [6.45, 7) is 2.14. The minimum absolute atomic E-state index is 0.112. The first-order chi connectivity index (χ1) is 15.0. The zero-order valence-electron chi connectivity index (χ0n) is 16.5. The van der Waals surface area contributed by atoms with Gasteiger partial charge in [-0.1, -0.05) is 23.7 Å². The molecule has 1 amide bonds. The summed E-state index contributed by atoms with van der Waals surface area (Å²) in [5.41, 5.74) is 3.07. The fourth-order valence-electron chi connectivity index (χ4n) is 2.57. The first-order valence-electron chi connectivity index (χ1n) is 9.30. The number of hydrazone groups is 1. The van der Waals surface area contributed by atoms with Crippen LogP contribution in [0.2, 0.25) is 5.02 Å². The number of rotatable bonds is 7. The van der Waals surface area contributed by atoms with Gasteiger partial charge < -0.3 is 9.47 Å². The quantitative estimate of drug-likeness (QED) is 0.246. The molecule has 0 heterocycles. The number of amides is 1. The third kappa shape index (κ3) is 5.90. The molecule has 0 saturated carbocycles. The minimum atomic E-state index is -0.673. The summed E-state index contributed by atoms with van der Waals surface area (Å²) in [6, 6.07) is 16.7. The highest BCUT2D eigenvalue weighted by Gasteiger charge is 2.13. The third-order valence-electron chi connectivity index (χ3n) is 4.05. The van der Waals surface area contributed by atoms with Crippen molar-refractivity contribution in [2.75, 3.05) is 6.61 Å². The predicted octanol–water partition coefficient (Wildman–Crippen LogP) is 4.86. The molecule has 3 aromatic carbocycles. The van der Waals surface area contributed by atoms with Crippen LogP contribution < -0.4 is 14.9 Å². The molecule has 0 radical (unpaired) electrons. The Bertz CT molecular complexity index is 1120. The van der Waals surface area contributed by atoms with Gasteiger partial charge in [-0.05, 0) is 67.1 Å². The van der Waals surface area contributed by atoms with E-state index in [0.717, 1.165) is 0 Å². The number of benzene rings is 3. The van der Waals surface area contributed by atoms with Crippen LogP contribution in [-0.2, 0) is 0 Å². The molecule has 0 saturated heterocycles. The van der Waals surface area contributed by atoms with Crippen molar-refractivity contribution >= 4 is 29.7 Å². The summed E-state index contributed by atoms with van der Waals surface area (Å²) >= 11 is 5.83. The molecular formula is C23H18ClFN2O4. The van der Waals surface area contributed by atoms with Gasteiger partial charge in [0.1, 0.15) is 5.82 Å². The standard InChI is InChI=1S/C23H18ClFN2O4/c1-2-30-21-13-15(14-26-27-22(28)18-5-3-4-6-19(18)25)7-12-20(21)31-23(29)16-8-10-17(24)11-9-16/h3-14H,2H2,1H3,(H,27,28)/b26-14-. The van der Waals surface area contributed by atoms with Gasteiger partial charge in [0.25, 0.3) is 5.91 Å². The van der Waals surface area contributed by atoms with E-state index in [1.807, 2.05) is 0 Å². The van der Waals surface area contributed by atoms with Gasteiger partial charge in [0, 0.05) is 5.02 Å². The molecular weight excluding hydrogens is 423 g/mol. The van der Waals surface area contributed by atoms with Gasteiger partial charge in [0.2, 0.25) is 0 Å². The number of hydrogen-bond acceptors (Lipinski definition) is 5. The molecule has 31 heavy (non-hydrogen) atoms. The molecule has 0 atom stereocenters. The molecule has 0 fully saturated rings. The average Bonchev–Trinajstić information content (AvgIpc) is 2.76. The van der Waals surface area contributed by atoms with Gasteiger partial charge in [0.15, 0.2) is 11.5 Å². The van der Waals surface area contributed by atoms with Crippen molar-refractivity contribution in [1.82, 2.24) is 5.43 Å². The molecule has 1 N–H and O–H groups in total. The predicted molar refractivity (Wildman–Crippen MR) is 115 cm³/mol. The highest BCUT2D eigenvalue weighted by molar-refractivity contribution is 6.30. The first kappa shape index (κ1) is 22.0.